The number of nitrogens with zero attached hydrogens (tertiary/aromatic N) is 1. The van der Waals surface area contributed by atoms with Crippen LogP contribution in [0.3, 0.4) is 0 Å². The molecule has 0 radical (unpaired) electrons. The Bertz CT molecular complexity index is 739. The van der Waals surface area contributed by atoms with Gasteiger partial charge in [-0.1, -0.05) is 15.9 Å². The van der Waals surface area contributed by atoms with Crippen LogP contribution in [0, 0.1) is 11.3 Å². The molecule has 6 heteroatoms. The number of carbonyl (C=O) groups excluding carboxylic acids is 1. The maximum Gasteiger partial charge on any atom is 0.255 e. The van der Waals surface area contributed by atoms with Crippen LogP contribution in [0.15, 0.2) is 45.3 Å². The zero-order valence-electron chi connectivity index (χ0n) is 11.0. The van der Waals surface area contributed by atoms with Gasteiger partial charge in [0.1, 0.15) is 11.8 Å². The number of halogens is 2. The van der Waals surface area contributed by atoms with E-state index in [1.165, 1.54) is 0 Å². The highest BCUT2D eigenvalue weighted by Crippen LogP contribution is 2.26. The number of amides is 1. The van der Waals surface area contributed by atoms with Gasteiger partial charge in [0.25, 0.3) is 5.91 Å². The number of nitrogens with one attached hydrogen (secondary N) is 1. The van der Waals surface area contributed by atoms with Gasteiger partial charge < -0.3 is 10.1 Å². The van der Waals surface area contributed by atoms with E-state index in [1.54, 1.807) is 43.5 Å². The molecule has 0 saturated heterocycles. The van der Waals surface area contributed by atoms with Crippen molar-refractivity contribution >= 4 is 43.5 Å². The van der Waals surface area contributed by atoms with Gasteiger partial charge in [0.15, 0.2) is 0 Å². The highest BCUT2D eigenvalue weighted by atomic mass is 79.9. The molecule has 1 amide bonds. The summed E-state index contributed by atoms with van der Waals surface area (Å²) < 4.78 is 6.59. The maximum atomic E-state index is 12.2. The van der Waals surface area contributed by atoms with Crippen LogP contribution in [0.2, 0.25) is 0 Å². The zero-order valence-corrected chi connectivity index (χ0v) is 14.2. The molecule has 2 rings (SSSR count). The summed E-state index contributed by atoms with van der Waals surface area (Å²) in [5.41, 5.74) is 1.33. The van der Waals surface area contributed by atoms with Crippen molar-refractivity contribution in [1.82, 2.24) is 0 Å². The van der Waals surface area contributed by atoms with Crippen molar-refractivity contribution in [1.29, 1.82) is 5.26 Å². The minimum Gasteiger partial charge on any atom is -0.496 e. The summed E-state index contributed by atoms with van der Waals surface area (Å²) in [6.07, 6.45) is 0. The number of hydrogen-bond acceptors (Lipinski definition) is 3. The molecule has 0 aliphatic carbocycles. The monoisotopic (exact) mass is 408 g/mol. The number of methoxy groups -OCH3 is 1. The van der Waals surface area contributed by atoms with Gasteiger partial charge in [0.2, 0.25) is 0 Å². The molecule has 0 saturated carbocycles. The fraction of sp³-hybridized carbons (Fsp3) is 0.0667. The van der Waals surface area contributed by atoms with Crippen molar-refractivity contribution in [2.45, 2.75) is 0 Å². The number of hydrogen-bond donors (Lipinski definition) is 1. The van der Waals surface area contributed by atoms with Crippen molar-refractivity contribution in [3.05, 3.63) is 56.5 Å². The zero-order chi connectivity index (χ0) is 15.4. The molecule has 2 aromatic rings. The average molecular weight is 410 g/mol. The SMILES string of the molecule is COc1ccc(C(=O)Nc2cc(Br)ccc2C#N)cc1Br. The number of anilines is 1. The quantitative estimate of drug-likeness (QED) is 0.819. The number of carbonyl (C=O) groups is 1. The smallest absolute Gasteiger partial charge is 0.255 e. The lowest BCUT2D eigenvalue weighted by atomic mass is 10.1. The number of benzene rings is 2. The molecule has 0 spiro atoms. The van der Waals surface area contributed by atoms with Crippen LogP contribution in [0.1, 0.15) is 15.9 Å². The minimum atomic E-state index is -0.298. The molecule has 21 heavy (non-hydrogen) atoms. The van der Waals surface area contributed by atoms with Crippen molar-refractivity contribution in [2.24, 2.45) is 0 Å². The van der Waals surface area contributed by atoms with Gasteiger partial charge in [-0.25, -0.2) is 0 Å². The van der Waals surface area contributed by atoms with Crippen LogP contribution in [-0.2, 0) is 0 Å². The summed E-state index contributed by atoms with van der Waals surface area (Å²) in [4.78, 5) is 12.2. The maximum absolute atomic E-state index is 12.2. The van der Waals surface area contributed by atoms with Gasteiger partial charge >= 0.3 is 0 Å². The Morgan fingerprint density at radius 2 is 2.00 bits per heavy atom. The van der Waals surface area contributed by atoms with E-state index in [9.17, 15) is 4.79 Å². The van der Waals surface area contributed by atoms with Crippen LogP contribution < -0.4 is 10.1 Å². The number of nitriles is 1. The second-order valence-corrected chi connectivity index (χ2v) is 5.88. The van der Waals surface area contributed by atoms with E-state index in [2.05, 4.69) is 37.2 Å². The second-order valence-electron chi connectivity index (χ2n) is 4.11. The normalized spacial score (nSPS) is 9.81. The Hall–Kier alpha value is -1.84. The van der Waals surface area contributed by atoms with Gasteiger partial charge in [-0.2, -0.15) is 5.26 Å². The largest absolute Gasteiger partial charge is 0.496 e. The van der Waals surface area contributed by atoms with E-state index in [0.717, 1.165) is 4.47 Å². The Kier molecular flexibility index (Phi) is 4.99. The van der Waals surface area contributed by atoms with E-state index in [4.69, 9.17) is 10.00 Å². The standard InChI is InChI=1S/C15H10Br2N2O2/c1-21-14-5-3-9(6-12(14)17)15(20)19-13-7-11(16)4-2-10(13)8-18/h2-7H,1H3,(H,19,20). The molecule has 0 bridgehead atoms. The molecule has 0 fully saturated rings. The highest BCUT2D eigenvalue weighted by Gasteiger charge is 2.11. The topological polar surface area (TPSA) is 62.1 Å². The summed E-state index contributed by atoms with van der Waals surface area (Å²) in [5.74, 6) is 0.347. The Balaban J connectivity index is 2.28. The van der Waals surface area contributed by atoms with E-state index in [1.807, 2.05) is 6.07 Å². The molecule has 0 atom stereocenters. The summed E-state index contributed by atoms with van der Waals surface area (Å²) in [5, 5.41) is 11.8. The molecule has 0 aliphatic rings. The average Bonchev–Trinajstić information content (AvgIpc) is 2.47. The van der Waals surface area contributed by atoms with E-state index < -0.39 is 0 Å². The summed E-state index contributed by atoms with van der Waals surface area (Å²) in [6.45, 7) is 0. The number of rotatable bonds is 3. The third-order valence-electron chi connectivity index (χ3n) is 2.76. The molecule has 0 heterocycles. The van der Waals surface area contributed by atoms with E-state index in [0.29, 0.717) is 27.0 Å². The van der Waals surface area contributed by atoms with Crippen molar-refractivity contribution < 1.29 is 9.53 Å². The third kappa shape index (κ3) is 3.63. The molecule has 2 aromatic carbocycles. The van der Waals surface area contributed by atoms with Crippen molar-refractivity contribution in [3.8, 4) is 11.8 Å². The first-order chi connectivity index (χ1) is 10.0. The van der Waals surface area contributed by atoms with Crippen LogP contribution in [-0.4, -0.2) is 13.0 Å². The van der Waals surface area contributed by atoms with Crippen LogP contribution in [0.4, 0.5) is 5.69 Å². The molecule has 1 N–H and O–H groups in total. The predicted molar refractivity (Wildman–Crippen MR) is 87.5 cm³/mol. The van der Waals surface area contributed by atoms with E-state index >= 15 is 0 Å². The Morgan fingerprint density at radius 1 is 1.24 bits per heavy atom. The molecule has 0 aliphatic heterocycles. The molecule has 0 unspecified atom stereocenters. The van der Waals surface area contributed by atoms with Crippen LogP contribution in [0.25, 0.3) is 0 Å². The lowest BCUT2D eigenvalue weighted by Crippen LogP contribution is -2.13. The Morgan fingerprint density at radius 3 is 2.62 bits per heavy atom. The third-order valence-corrected chi connectivity index (χ3v) is 3.88. The lowest BCUT2D eigenvalue weighted by Gasteiger charge is -2.09. The first kappa shape index (κ1) is 15.5. The van der Waals surface area contributed by atoms with Gasteiger partial charge in [-0.05, 0) is 52.3 Å². The van der Waals surface area contributed by atoms with E-state index in [-0.39, 0.29) is 5.91 Å². The molecular formula is C15H10Br2N2O2. The minimum absolute atomic E-state index is 0.298. The molecular weight excluding hydrogens is 400 g/mol. The summed E-state index contributed by atoms with van der Waals surface area (Å²) >= 11 is 6.65. The Labute approximate surface area is 139 Å². The molecule has 106 valence electrons. The fourth-order valence-electron chi connectivity index (χ4n) is 1.72. The van der Waals surface area contributed by atoms with Gasteiger partial charge in [0.05, 0.1) is 22.8 Å². The van der Waals surface area contributed by atoms with Gasteiger partial charge in [0, 0.05) is 10.0 Å². The fourth-order valence-corrected chi connectivity index (χ4v) is 2.62. The number of ether oxygens (including phenoxy) is 1. The van der Waals surface area contributed by atoms with Crippen LogP contribution in [0.5, 0.6) is 5.75 Å². The highest BCUT2D eigenvalue weighted by molar-refractivity contribution is 9.10. The van der Waals surface area contributed by atoms with Gasteiger partial charge in [-0.15, -0.1) is 0 Å². The first-order valence-electron chi connectivity index (χ1n) is 5.89. The predicted octanol–water partition coefficient (Wildman–Crippen LogP) is 4.34. The lowest BCUT2D eigenvalue weighted by molar-refractivity contribution is 0.102. The van der Waals surface area contributed by atoms with Crippen LogP contribution >= 0.6 is 31.9 Å². The summed E-state index contributed by atoms with van der Waals surface area (Å²) in [7, 11) is 1.56. The molecule has 0 aromatic heterocycles. The second kappa shape index (κ2) is 6.74. The summed E-state index contributed by atoms with van der Waals surface area (Å²) in [6, 6.07) is 12.1. The molecule has 4 nitrogen and oxygen atoms in total. The van der Waals surface area contributed by atoms with Gasteiger partial charge in [-0.3, -0.25) is 4.79 Å². The first-order valence-corrected chi connectivity index (χ1v) is 7.48. The van der Waals surface area contributed by atoms with Crippen molar-refractivity contribution in [2.75, 3.05) is 12.4 Å². The van der Waals surface area contributed by atoms with Crippen molar-refractivity contribution in [3.63, 3.8) is 0 Å².